The molecule has 4 N–H and O–H groups in total. The Morgan fingerprint density at radius 3 is 2.85 bits per heavy atom. The highest BCUT2D eigenvalue weighted by Gasteiger charge is 2.05. The molecule has 0 aliphatic rings. The summed E-state index contributed by atoms with van der Waals surface area (Å²) in [5.41, 5.74) is 1.72. The quantitative estimate of drug-likeness (QED) is 0.350. The van der Waals surface area contributed by atoms with Gasteiger partial charge in [0.2, 0.25) is 11.7 Å². The Labute approximate surface area is 153 Å². The Morgan fingerprint density at radius 2 is 2.15 bits per heavy atom. The number of hydrazone groups is 1. The Balaban J connectivity index is 1.82. The van der Waals surface area contributed by atoms with E-state index in [0.29, 0.717) is 18.1 Å². The molecule has 0 bridgehead atoms. The monoisotopic (exact) mass is 376 g/mol. The Bertz CT molecular complexity index is 920. The van der Waals surface area contributed by atoms with Crippen LogP contribution in [0.5, 0.6) is 11.5 Å². The second-order valence-corrected chi connectivity index (χ2v) is 5.17. The molecule has 0 radical (unpaired) electrons. The van der Waals surface area contributed by atoms with Crippen molar-refractivity contribution in [1.29, 1.82) is 0 Å². The number of ether oxygens (including phenoxy) is 2. The number of benzene rings is 1. The highest BCUT2D eigenvalue weighted by Crippen LogP contribution is 2.27. The average molecular weight is 376 g/mol. The van der Waals surface area contributed by atoms with Gasteiger partial charge in [0.25, 0.3) is 5.56 Å². The maximum absolute atomic E-state index is 11.8. The van der Waals surface area contributed by atoms with Gasteiger partial charge in [-0.05, 0) is 30.7 Å². The first-order chi connectivity index (χ1) is 13.0. The summed E-state index contributed by atoms with van der Waals surface area (Å²) < 4.78 is 10.7. The van der Waals surface area contributed by atoms with Crippen LogP contribution in [0, 0.1) is 0 Å². The number of carbonyl (C=O) groups excluding carboxylic acids is 1. The number of aromatic nitrogens is 3. The van der Waals surface area contributed by atoms with Crippen LogP contribution in [-0.2, 0) is 4.79 Å². The van der Waals surface area contributed by atoms with Crippen LogP contribution in [-0.4, -0.2) is 47.6 Å². The van der Waals surface area contributed by atoms with Crippen molar-refractivity contribution in [2.45, 2.75) is 13.3 Å². The highest BCUT2D eigenvalue weighted by molar-refractivity contribution is 5.83. The molecule has 144 valence electrons. The zero-order valence-electron chi connectivity index (χ0n) is 14.9. The van der Waals surface area contributed by atoms with Gasteiger partial charge in [0.1, 0.15) is 0 Å². The summed E-state index contributed by atoms with van der Waals surface area (Å²) in [5.74, 6) is 0.748. The third-order valence-electron chi connectivity index (χ3n) is 3.25. The normalized spacial score (nSPS) is 10.6. The molecule has 0 saturated carbocycles. The minimum Gasteiger partial charge on any atom is -0.493 e. The molecule has 0 fully saturated rings. The van der Waals surface area contributed by atoms with E-state index >= 15 is 0 Å². The lowest BCUT2D eigenvalue weighted by atomic mass is 10.2. The van der Waals surface area contributed by atoms with Gasteiger partial charge in [-0.1, -0.05) is 0 Å². The zero-order valence-corrected chi connectivity index (χ0v) is 14.9. The molecule has 0 spiro atoms. The first-order valence-electron chi connectivity index (χ1n) is 8.09. The molecule has 27 heavy (non-hydrogen) atoms. The first kappa shape index (κ1) is 19.7. The predicted octanol–water partition coefficient (Wildman–Crippen LogP) is -0.182. The van der Waals surface area contributed by atoms with E-state index in [1.807, 2.05) is 11.9 Å². The van der Waals surface area contributed by atoms with Crippen LogP contribution in [0.1, 0.15) is 18.9 Å². The lowest BCUT2D eigenvalue weighted by Crippen LogP contribution is -2.28. The van der Waals surface area contributed by atoms with Crippen molar-refractivity contribution < 1.29 is 14.3 Å². The summed E-state index contributed by atoms with van der Waals surface area (Å²) >= 11 is 0. The van der Waals surface area contributed by atoms with Crippen LogP contribution in [0.2, 0.25) is 0 Å². The Morgan fingerprint density at radius 1 is 1.33 bits per heavy atom. The number of carbonyl (C=O) groups is 1. The van der Waals surface area contributed by atoms with Gasteiger partial charge in [0, 0.05) is 13.0 Å². The SMILES string of the molecule is CCOc1ccc(/C=N/NC(=O)CCNc2n[nH]c(=O)[nH]c2=O)cc1OC. The van der Waals surface area contributed by atoms with E-state index in [2.05, 4.69) is 26.0 Å². The molecule has 0 unspecified atom stereocenters. The van der Waals surface area contributed by atoms with Crippen molar-refractivity contribution in [3.63, 3.8) is 0 Å². The molecule has 1 aromatic carbocycles. The van der Waals surface area contributed by atoms with E-state index in [-0.39, 0.29) is 24.7 Å². The molecule has 11 heteroatoms. The topological polar surface area (TPSA) is 151 Å². The molecule has 1 aromatic heterocycles. The highest BCUT2D eigenvalue weighted by atomic mass is 16.5. The van der Waals surface area contributed by atoms with Gasteiger partial charge in [0.05, 0.1) is 19.9 Å². The summed E-state index contributed by atoms with van der Waals surface area (Å²) in [6, 6.07) is 5.26. The van der Waals surface area contributed by atoms with Crippen LogP contribution in [0.4, 0.5) is 5.82 Å². The van der Waals surface area contributed by atoms with E-state index in [1.54, 1.807) is 18.2 Å². The maximum atomic E-state index is 11.8. The van der Waals surface area contributed by atoms with Gasteiger partial charge in [-0.25, -0.2) is 15.3 Å². The van der Waals surface area contributed by atoms with E-state index in [9.17, 15) is 14.4 Å². The molecule has 0 aliphatic carbocycles. The minimum absolute atomic E-state index is 0.0458. The second kappa shape index (κ2) is 9.75. The van der Waals surface area contributed by atoms with Crippen LogP contribution in [0.3, 0.4) is 0 Å². The number of aromatic amines is 2. The van der Waals surface area contributed by atoms with E-state index in [0.717, 1.165) is 5.56 Å². The van der Waals surface area contributed by atoms with Crippen molar-refractivity contribution in [2.75, 3.05) is 25.6 Å². The minimum atomic E-state index is -0.705. The van der Waals surface area contributed by atoms with E-state index < -0.39 is 11.2 Å². The molecule has 2 rings (SSSR count). The van der Waals surface area contributed by atoms with E-state index in [1.165, 1.54) is 13.3 Å². The number of rotatable bonds is 9. The summed E-state index contributed by atoms with van der Waals surface area (Å²) in [5, 5.41) is 12.1. The van der Waals surface area contributed by atoms with E-state index in [4.69, 9.17) is 9.47 Å². The molecule has 0 aliphatic heterocycles. The van der Waals surface area contributed by atoms with Gasteiger partial charge in [-0.2, -0.15) is 5.10 Å². The fraction of sp³-hybridized carbons (Fsp3) is 0.312. The second-order valence-electron chi connectivity index (χ2n) is 5.17. The summed E-state index contributed by atoms with van der Waals surface area (Å²) in [6.07, 6.45) is 1.52. The van der Waals surface area contributed by atoms with Crippen molar-refractivity contribution in [2.24, 2.45) is 5.10 Å². The number of hydrogen-bond donors (Lipinski definition) is 4. The van der Waals surface area contributed by atoms with Gasteiger partial charge < -0.3 is 14.8 Å². The molecule has 11 nitrogen and oxygen atoms in total. The number of hydrogen-bond acceptors (Lipinski definition) is 8. The standard InChI is InChI=1S/C16H20N6O5/c1-3-27-11-5-4-10(8-12(11)26-2)9-18-20-13(23)6-7-17-14-15(24)19-16(25)22-21-14/h4-5,8-9H,3,6-7H2,1-2H3,(H,17,21)(H,20,23)(H2,19,22,24,25)/b18-9+. The van der Waals surface area contributed by atoms with Crippen molar-refractivity contribution in [3.05, 3.63) is 44.6 Å². The molecular formula is C16H20N6O5. The van der Waals surface area contributed by atoms with Crippen molar-refractivity contribution in [3.8, 4) is 11.5 Å². The lowest BCUT2D eigenvalue weighted by Gasteiger charge is -2.09. The molecule has 0 atom stereocenters. The molecule has 1 amide bonds. The van der Waals surface area contributed by atoms with Gasteiger partial charge in [-0.15, -0.1) is 5.10 Å². The number of methoxy groups -OCH3 is 1. The third kappa shape index (κ3) is 5.99. The first-order valence-corrected chi connectivity index (χ1v) is 8.09. The van der Waals surface area contributed by atoms with Gasteiger partial charge in [0.15, 0.2) is 11.5 Å². The van der Waals surface area contributed by atoms with Gasteiger partial charge in [-0.3, -0.25) is 14.6 Å². The predicted molar refractivity (Wildman–Crippen MR) is 98.5 cm³/mol. The number of nitrogens with one attached hydrogen (secondary N) is 4. The smallest absolute Gasteiger partial charge is 0.342 e. The number of nitrogens with zero attached hydrogens (tertiary/aromatic N) is 2. The Kier molecular flexibility index (Phi) is 7.11. The molecular weight excluding hydrogens is 356 g/mol. The summed E-state index contributed by atoms with van der Waals surface area (Å²) in [4.78, 5) is 36.0. The van der Waals surface area contributed by atoms with Crippen LogP contribution in [0.15, 0.2) is 32.9 Å². The lowest BCUT2D eigenvalue weighted by molar-refractivity contribution is -0.120. The fourth-order valence-electron chi connectivity index (χ4n) is 2.04. The van der Waals surface area contributed by atoms with Gasteiger partial charge >= 0.3 is 5.69 Å². The molecule has 0 saturated heterocycles. The maximum Gasteiger partial charge on any atom is 0.342 e. The van der Waals surface area contributed by atoms with Crippen LogP contribution in [0.25, 0.3) is 0 Å². The largest absolute Gasteiger partial charge is 0.493 e. The third-order valence-corrected chi connectivity index (χ3v) is 3.25. The Hall–Kier alpha value is -3.63. The number of amides is 1. The summed E-state index contributed by atoms with van der Waals surface area (Å²) in [7, 11) is 1.54. The zero-order chi connectivity index (χ0) is 19.6. The van der Waals surface area contributed by atoms with Crippen molar-refractivity contribution in [1.82, 2.24) is 20.6 Å². The fourth-order valence-corrected chi connectivity index (χ4v) is 2.04. The molecule has 1 heterocycles. The number of H-pyrrole nitrogens is 2. The number of anilines is 1. The van der Waals surface area contributed by atoms with Crippen LogP contribution >= 0.6 is 0 Å². The van der Waals surface area contributed by atoms with Crippen LogP contribution < -0.4 is 31.5 Å². The van der Waals surface area contributed by atoms with Crippen molar-refractivity contribution >= 4 is 17.9 Å². The average Bonchev–Trinajstić information content (AvgIpc) is 2.65. The molecule has 2 aromatic rings. The summed E-state index contributed by atoms with van der Waals surface area (Å²) in [6.45, 7) is 2.54.